The van der Waals surface area contributed by atoms with Crippen LogP contribution in [0.25, 0.3) is 0 Å². The van der Waals surface area contributed by atoms with Crippen LogP contribution in [-0.2, 0) is 9.47 Å². The summed E-state index contributed by atoms with van der Waals surface area (Å²) in [6, 6.07) is 6.58. The lowest BCUT2D eigenvalue weighted by molar-refractivity contribution is -0.203. The van der Waals surface area contributed by atoms with E-state index in [1.165, 1.54) is 38.2 Å². The first-order valence-corrected chi connectivity index (χ1v) is 11.3. The van der Waals surface area contributed by atoms with Crippen molar-refractivity contribution in [2.75, 3.05) is 45.3 Å². The Kier molecular flexibility index (Phi) is 6.91. The fraction of sp³-hybridized carbons (Fsp3) is 0.696. The average Bonchev–Trinajstić information content (AvgIpc) is 2.78. The predicted octanol–water partition coefficient (Wildman–Crippen LogP) is 3.87. The van der Waals surface area contributed by atoms with E-state index in [0.717, 1.165) is 19.4 Å². The highest BCUT2D eigenvalue weighted by atomic mass is 19.1. The minimum atomic E-state index is -0.403. The number of para-hydroxylation sites is 1. The van der Waals surface area contributed by atoms with Crippen molar-refractivity contribution in [1.82, 2.24) is 9.80 Å². The molecular weight excluding hydrogens is 385 g/mol. The topological polar surface area (TPSA) is 54.0 Å². The summed E-state index contributed by atoms with van der Waals surface area (Å²) in [6.45, 7) is 3.68. The zero-order valence-electron chi connectivity index (χ0n) is 17.9. The molecule has 1 spiro atoms. The second kappa shape index (κ2) is 9.62. The zero-order chi connectivity index (χ0) is 21.0. The highest BCUT2D eigenvalue weighted by molar-refractivity contribution is 5.89. The number of rotatable bonds is 6. The smallest absolute Gasteiger partial charge is 0.321 e. The molecule has 3 fully saturated rings. The van der Waals surface area contributed by atoms with E-state index in [2.05, 4.69) is 10.2 Å². The molecule has 2 saturated heterocycles. The second-order valence-electron chi connectivity index (χ2n) is 8.80. The van der Waals surface area contributed by atoms with Crippen LogP contribution in [-0.4, -0.2) is 73.5 Å². The van der Waals surface area contributed by atoms with Crippen LogP contribution < -0.4 is 5.32 Å². The monoisotopic (exact) mass is 419 g/mol. The van der Waals surface area contributed by atoms with Crippen molar-refractivity contribution in [2.24, 2.45) is 0 Å². The van der Waals surface area contributed by atoms with Gasteiger partial charge in [-0.2, -0.15) is 0 Å². The Morgan fingerprint density at radius 3 is 2.60 bits per heavy atom. The van der Waals surface area contributed by atoms with Crippen molar-refractivity contribution in [3.63, 3.8) is 0 Å². The normalized spacial score (nSPS) is 24.6. The van der Waals surface area contributed by atoms with E-state index in [4.69, 9.17) is 9.47 Å². The molecule has 1 aromatic rings. The van der Waals surface area contributed by atoms with Crippen molar-refractivity contribution >= 4 is 11.7 Å². The molecule has 2 amide bonds. The fourth-order valence-corrected chi connectivity index (χ4v) is 5.51. The number of nitrogens with zero attached hydrogens (tertiary/aromatic N) is 2. The van der Waals surface area contributed by atoms with E-state index in [9.17, 15) is 9.18 Å². The largest absolute Gasteiger partial charge is 0.382 e. The number of amides is 2. The van der Waals surface area contributed by atoms with Crippen molar-refractivity contribution < 1.29 is 18.7 Å². The molecule has 2 aliphatic heterocycles. The second-order valence-corrected chi connectivity index (χ2v) is 8.80. The Morgan fingerprint density at radius 2 is 1.90 bits per heavy atom. The van der Waals surface area contributed by atoms with Gasteiger partial charge in [0.2, 0.25) is 0 Å². The van der Waals surface area contributed by atoms with Gasteiger partial charge in [-0.05, 0) is 37.8 Å². The number of nitrogens with one attached hydrogen (secondary N) is 1. The van der Waals surface area contributed by atoms with Gasteiger partial charge < -0.3 is 19.7 Å². The van der Waals surface area contributed by atoms with Gasteiger partial charge in [0.25, 0.3) is 0 Å². The number of hydrogen-bond acceptors (Lipinski definition) is 4. The van der Waals surface area contributed by atoms with Gasteiger partial charge in [-0.25, -0.2) is 9.18 Å². The molecule has 1 N–H and O–H groups in total. The first-order valence-electron chi connectivity index (χ1n) is 11.3. The van der Waals surface area contributed by atoms with Crippen molar-refractivity contribution in [3.05, 3.63) is 30.1 Å². The van der Waals surface area contributed by atoms with Gasteiger partial charge in [0.1, 0.15) is 5.82 Å². The highest BCUT2D eigenvalue weighted by Crippen LogP contribution is 2.47. The SMILES string of the molecule is COCCOC1CN(C2CCN(C(=O)Nc3ccccc3F)CC2)C12CCCCC2. The number of carbonyl (C=O) groups is 1. The number of benzene rings is 1. The predicted molar refractivity (Wildman–Crippen MR) is 114 cm³/mol. The summed E-state index contributed by atoms with van der Waals surface area (Å²) >= 11 is 0. The van der Waals surface area contributed by atoms with Gasteiger partial charge >= 0.3 is 6.03 Å². The van der Waals surface area contributed by atoms with Gasteiger partial charge in [0, 0.05) is 38.3 Å². The van der Waals surface area contributed by atoms with Crippen LogP contribution in [0.15, 0.2) is 24.3 Å². The van der Waals surface area contributed by atoms with Gasteiger partial charge in [0.15, 0.2) is 0 Å². The number of likely N-dealkylation sites (tertiary alicyclic amines) is 2. The summed E-state index contributed by atoms with van der Waals surface area (Å²) in [5.74, 6) is -0.403. The Morgan fingerprint density at radius 1 is 1.17 bits per heavy atom. The van der Waals surface area contributed by atoms with Gasteiger partial charge in [-0.3, -0.25) is 4.90 Å². The Labute approximate surface area is 178 Å². The lowest BCUT2D eigenvalue weighted by Gasteiger charge is -2.63. The lowest BCUT2D eigenvalue weighted by atomic mass is 9.69. The van der Waals surface area contributed by atoms with Gasteiger partial charge in [-0.15, -0.1) is 0 Å². The Balaban J connectivity index is 1.32. The minimum Gasteiger partial charge on any atom is -0.382 e. The third kappa shape index (κ3) is 4.34. The quantitative estimate of drug-likeness (QED) is 0.711. The van der Waals surface area contributed by atoms with E-state index in [1.54, 1.807) is 25.3 Å². The van der Waals surface area contributed by atoms with E-state index in [0.29, 0.717) is 38.4 Å². The van der Waals surface area contributed by atoms with Crippen LogP contribution in [0.4, 0.5) is 14.9 Å². The zero-order valence-corrected chi connectivity index (χ0v) is 17.9. The van der Waals surface area contributed by atoms with E-state index in [1.807, 2.05) is 4.90 Å². The maximum absolute atomic E-state index is 13.8. The summed E-state index contributed by atoms with van der Waals surface area (Å²) in [4.78, 5) is 17.1. The van der Waals surface area contributed by atoms with Gasteiger partial charge in [0.05, 0.1) is 25.0 Å². The minimum absolute atomic E-state index is 0.175. The number of ether oxygens (including phenoxy) is 2. The third-order valence-corrected chi connectivity index (χ3v) is 7.17. The lowest BCUT2D eigenvalue weighted by Crippen LogP contribution is -2.75. The van der Waals surface area contributed by atoms with Gasteiger partial charge in [-0.1, -0.05) is 31.4 Å². The molecule has 0 radical (unpaired) electrons. The first-order chi connectivity index (χ1) is 14.6. The molecule has 7 heteroatoms. The molecule has 1 atom stereocenters. The summed E-state index contributed by atoms with van der Waals surface area (Å²) < 4.78 is 25.2. The molecule has 30 heavy (non-hydrogen) atoms. The van der Waals surface area contributed by atoms with E-state index in [-0.39, 0.29) is 17.3 Å². The highest BCUT2D eigenvalue weighted by Gasteiger charge is 2.56. The van der Waals surface area contributed by atoms with Crippen LogP contribution in [0, 0.1) is 5.82 Å². The summed E-state index contributed by atoms with van der Waals surface area (Å²) in [5.41, 5.74) is 0.415. The number of hydrogen-bond donors (Lipinski definition) is 1. The molecule has 1 aliphatic carbocycles. The number of urea groups is 1. The number of methoxy groups -OCH3 is 1. The summed E-state index contributed by atoms with van der Waals surface area (Å²) in [5, 5.41) is 2.71. The molecule has 2 heterocycles. The molecule has 4 rings (SSSR count). The van der Waals surface area contributed by atoms with Crippen LogP contribution in [0.3, 0.4) is 0 Å². The van der Waals surface area contributed by atoms with Crippen LogP contribution in [0.5, 0.6) is 0 Å². The average molecular weight is 420 g/mol. The number of piperidine rings is 1. The summed E-state index contributed by atoms with van der Waals surface area (Å²) in [6.07, 6.45) is 8.48. The number of halogens is 1. The molecule has 1 saturated carbocycles. The number of anilines is 1. The van der Waals surface area contributed by atoms with Crippen LogP contribution >= 0.6 is 0 Å². The maximum atomic E-state index is 13.8. The molecule has 1 aromatic carbocycles. The van der Waals surface area contributed by atoms with E-state index < -0.39 is 5.82 Å². The molecule has 6 nitrogen and oxygen atoms in total. The van der Waals surface area contributed by atoms with E-state index >= 15 is 0 Å². The molecular formula is C23H34FN3O3. The van der Waals surface area contributed by atoms with Crippen LogP contribution in [0.1, 0.15) is 44.9 Å². The Bertz CT molecular complexity index is 717. The van der Waals surface area contributed by atoms with Crippen LogP contribution in [0.2, 0.25) is 0 Å². The molecule has 0 aromatic heterocycles. The Hall–Kier alpha value is -1.70. The molecule has 3 aliphatic rings. The number of carbonyl (C=O) groups excluding carboxylic acids is 1. The first kappa shape index (κ1) is 21.5. The molecule has 0 bridgehead atoms. The van der Waals surface area contributed by atoms with Crippen molar-refractivity contribution in [3.8, 4) is 0 Å². The fourth-order valence-electron chi connectivity index (χ4n) is 5.51. The van der Waals surface area contributed by atoms with Crippen molar-refractivity contribution in [1.29, 1.82) is 0 Å². The molecule has 1 unspecified atom stereocenters. The summed E-state index contributed by atoms with van der Waals surface area (Å²) in [7, 11) is 1.71. The van der Waals surface area contributed by atoms with Crippen molar-refractivity contribution in [2.45, 2.75) is 62.6 Å². The maximum Gasteiger partial charge on any atom is 0.321 e. The standard InChI is InChI=1S/C23H34FN3O3/c1-29-15-16-30-21-17-27(23(21)11-5-2-6-12-23)18-9-13-26(14-10-18)22(28)25-20-8-4-3-7-19(20)24/h3-4,7-8,18,21H,2,5-6,9-17H2,1H3,(H,25,28). The third-order valence-electron chi connectivity index (χ3n) is 7.17. The molecule has 166 valence electrons.